The van der Waals surface area contributed by atoms with Gasteiger partial charge in [-0.1, -0.05) is 22.1 Å². The zero-order valence-corrected chi connectivity index (χ0v) is 20.4. The van der Waals surface area contributed by atoms with E-state index in [-0.39, 0.29) is 23.9 Å². The van der Waals surface area contributed by atoms with Crippen molar-refractivity contribution in [1.82, 2.24) is 30.2 Å². The summed E-state index contributed by atoms with van der Waals surface area (Å²) in [6, 6.07) is -1.10. The van der Waals surface area contributed by atoms with Crippen molar-refractivity contribution >= 4 is 57.7 Å². The Morgan fingerprint density at radius 2 is 2.11 bits per heavy atom. The fraction of sp³-hybridized carbons (Fsp3) is 0.444. The van der Waals surface area contributed by atoms with E-state index in [2.05, 4.69) is 25.8 Å². The number of hydrogen-bond acceptors (Lipinski definition) is 13. The van der Waals surface area contributed by atoms with Gasteiger partial charge in [0.15, 0.2) is 10.8 Å². The molecule has 2 aromatic rings. The Bertz CT molecular complexity index is 1280. The number of carbonyl (C=O) groups excluding carboxylic acids is 2. The van der Waals surface area contributed by atoms with Crippen molar-refractivity contribution in [2.45, 2.75) is 42.3 Å². The van der Waals surface area contributed by atoms with Crippen molar-refractivity contribution in [1.29, 1.82) is 0 Å². The number of nitrogens with one attached hydrogen (secondary N) is 1. The molecule has 0 spiro atoms. The molecule has 2 aliphatic rings. The number of aliphatic carboxylic acids is 2. The quantitative estimate of drug-likeness (QED) is 0.134. The summed E-state index contributed by atoms with van der Waals surface area (Å²) in [7, 11) is 0. The third-order valence-electron chi connectivity index (χ3n) is 5.44. The second-order valence-corrected chi connectivity index (χ2v) is 10.6. The van der Waals surface area contributed by atoms with Gasteiger partial charge in [0, 0.05) is 11.9 Å². The summed E-state index contributed by atoms with van der Waals surface area (Å²) in [5.41, 5.74) is 9.40. The number of hydrogen-bond donors (Lipinski definition) is 5. The molecule has 0 aliphatic carbocycles. The molecule has 192 valence electrons. The maximum absolute atomic E-state index is 13.1. The summed E-state index contributed by atoms with van der Waals surface area (Å²) >= 11 is 1.92. The topological polar surface area (TPSA) is 241 Å². The van der Waals surface area contributed by atoms with Crippen LogP contribution in [0.15, 0.2) is 16.7 Å². The Hall–Kier alpha value is -3.77. The van der Waals surface area contributed by atoms with Crippen molar-refractivity contribution < 1.29 is 34.2 Å². The van der Waals surface area contributed by atoms with Gasteiger partial charge in [0.1, 0.15) is 17.1 Å². The van der Waals surface area contributed by atoms with Crippen molar-refractivity contribution in [3.63, 3.8) is 0 Å². The van der Waals surface area contributed by atoms with Crippen LogP contribution in [-0.2, 0) is 35.4 Å². The summed E-state index contributed by atoms with van der Waals surface area (Å²) in [5.74, 6) is -3.99. The van der Waals surface area contributed by atoms with E-state index in [0.717, 1.165) is 27.8 Å². The van der Waals surface area contributed by atoms with Gasteiger partial charge in [0.05, 0.1) is 18.4 Å². The molecule has 36 heavy (non-hydrogen) atoms. The van der Waals surface area contributed by atoms with E-state index in [9.17, 15) is 29.4 Å². The monoisotopic (exact) mass is 539 g/mol. The number of carboxylic acids is 2. The summed E-state index contributed by atoms with van der Waals surface area (Å²) in [5, 5.41) is 33.9. The highest BCUT2D eigenvalue weighted by atomic mass is 32.2. The lowest BCUT2D eigenvalue weighted by Crippen LogP contribution is -2.68. The lowest BCUT2D eigenvalue weighted by atomic mass is 10.1. The van der Waals surface area contributed by atoms with E-state index in [1.54, 1.807) is 0 Å². The lowest BCUT2D eigenvalue weighted by Gasteiger charge is -2.41. The number of amides is 2. The first-order valence-corrected chi connectivity index (χ1v) is 12.0. The average molecular weight is 540 g/mol. The highest BCUT2D eigenvalue weighted by Gasteiger charge is 2.64. The minimum absolute atomic E-state index is 0.00991. The molecule has 0 aromatic carbocycles. The number of oxime groups is 1. The van der Waals surface area contributed by atoms with Crippen LogP contribution in [0, 0.1) is 0 Å². The van der Waals surface area contributed by atoms with Crippen molar-refractivity contribution in [2.24, 2.45) is 10.9 Å². The smallest absolute Gasteiger partial charge is 0.350 e. The standard InChI is InChI=1S/C18H21N9O7S2/c1-17(2,14(30)31)34-24-9(8-5-35-16(20)21-8)11(28)22-10-12(29)26-6-18(15(32)33,36-13(10)26)27-4-7(3-19)23-25-27/h4-5,10,13H,3,6,19H2,1-2H3,(H2,20,21)(H,22,28)(H,30,31)(H,32,33)/b24-9-/t10-,13-,18-/m1/s1. The lowest BCUT2D eigenvalue weighted by molar-refractivity contribution is -0.161. The highest BCUT2D eigenvalue weighted by Crippen LogP contribution is 2.49. The molecule has 2 saturated heterocycles. The molecule has 2 fully saturated rings. The van der Waals surface area contributed by atoms with Crippen molar-refractivity contribution in [2.75, 3.05) is 12.3 Å². The maximum atomic E-state index is 13.1. The predicted molar refractivity (Wildman–Crippen MR) is 124 cm³/mol. The molecule has 7 N–H and O–H groups in total. The Labute approximate surface area is 210 Å². The first-order valence-electron chi connectivity index (χ1n) is 10.2. The van der Waals surface area contributed by atoms with Crippen LogP contribution in [0.4, 0.5) is 5.13 Å². The molecular formula is C18H21N9O7S2. The van der Waals surface area contributed by atoms with Crippen LogP contribution >= 0.6 is 23.1 Å². The molecule has 2 amide bonds. The molecule has 2 aliphatic heterocycles. The van der Waals surface area contributed by atoms with Crippen LogP contribution in [0.3, 0.4) is 0 Å². The zero-order chi connectivity index (χ0) is 26.4. The Morgan fingerprint density at radius 3 is 2.67 bits per heavy atom. The number of rotatable bonds is 9. The molecule has 4 rings (SSSR count). The van der Waals surface area contributed by atoms with E-state index >= 15 is 0 Å². The number of thioether (sulfide) groups is 1. The third-order valence-corrected chi connectivity index (χ3v) is 7.77. The van der Waals surface area contributed by atoms with Crippen LogP contribution < -0.4 is 16.8 Å². The van der Waals surface area contributed by atoms with Crippen molar-refractivity contribution in [3.05, 3.63) is 23.0 Å². The van der Waals surface area contributed by atoms with Crippen LogP contribution in [0.1, 0.15) is 25.2 Å². The van der Waals surface area contributed by atoms with Crippen LogP contribution in [-0.4, -0.2) is 88.1 Å². The third kappa shape index (κ3) is 4.22. The number of aromatic nitrogens is 4. The number of β-lactam (4-membered cyclic amide) rings is 1. The van der Waals surface area contributed by atoms with Gasteiger partial charge < -0.3 is 36.7 Å². The average Bonchev–Trinajstić information content (AvgIpc) is 3.55. The highest BCUT2D eigenvalue weighted by molar-refractivity contribution is 8.01. The van der Waals surface area contributed by atoms with E-state index in [0.29, 0.717) is 5.69 Å². The molecule has 18 heteroatoms. The number of anilines is 1. The van der Waals surface area contributed by atoms with E-state index in [1.165, 1.54) is 30.3 Å². The van der Waals surface area contributed by atoms with Crippen molar-refractivity contribution in [3.8, 4) is 0 Å². The van der Waals surface area contributed by atoms with Crippen LogP contribution in [0.2, 0.25) is 0 Å². The largest absolute Gasteiger partial charge is 0.479 e. The molecule has 0 radical (unpaired) electrons. The molecule has 0 bridgehead atoms. The SMILES string of the molecule is CC(C)(O/N=C(\C(=O)N[C@@H]1C(=O)N2C[C@@](C(=O)O)(n3cc(CN)nn3)S[C@H]12)c1csc(N)n1)C(=O)O. The van der Waals surface area contributed by atoms with Gasteiger partial charge in [-0.15, -0.1) is 16.4 Å². The van der Waals surface area contributed by atoms with Crippen LogP contribution in [0.5, 0.6) is 0 Å². The zero-order valence-electron chi connectivity index (χ0n) is 18.8. The fourth-order valence-corrected chi connectivity index (χ4v) is 5.43. The minimum atomic E-state index is -1.77. The Morgan fingerprint density at radius 1 is 1.39 bits per heavy atom. The fourth-order valence-electron chi connectivity index (χ4n) is 3.34. The Kier molecular flexibility index (Phi) is 6.35. The number of nitrogens with zero attached hydrogens (tertiary/aromatic N) is 6. The van der Waals surface area contributed by atoms with Gasteiger partial charge in [-0.05, 0) is 13.8 Å². The molecule has 0 saturated carbocycles. The van der Waals surface area contributed by atoms with Gasteiger partial charge in [-0.2, -0.15) is 0 Å². The van der Waals surface area contributed by atoms with Crippen LogP contribution in [0.25, 0.3) is 0 Å². The molecule has 2 aromatic heterocycles. The summed E-state index contributed by atoms with van der Waals surface area (Å²) in [4.78, 5) is 58.2. The summed E-state index contributed by atoms with van der Waals surface area (Å²) in [6.45, 7) is 2.31. The number of carbonyl (C=O) groups is 4. The van der Waals surface area contributed by atoms with Gasteiger partial charge >= 0.3 is 11.9 Å². The van der Waals surface area contributed by atoms with Gasteiger partial charge in [-0.25, -0.2) is 19.3 Å². The number of nitrogens with two attached hydrogens (primary N) is 2. The maximum Gasteiger partial charge on any atom is 0.350 e. The Balaban J connectivity index is 1.57. The first kappa shape index (κ1) is 25.3. The summed E-state index contributed by atoms with van der Waals surface area (Å²) in [6.07, 6.45) is 1.39. The first-order chi connectivity index (χ1) is 16.9. The molecular weight excluding hydrogens is 518 g/mol. The second kappa shape index (κ2) is 9.03. The molecule has 4 heterocycles. The summed E-state index contributed by atoms with van der Waals surface area (Å²) < 4.78 is 1.14. The van der Waals surface area contributed by atoms with Gasteiger partial charge in [-0.3, -0.25) is 9.59 Å². The van der Waals surface area contributed by atoms with E-state index in [4.69, 9.17) is 16.3 Å². The molecule has 3 atom stereocenters. The number of nitrogen functional groups attached to an aromatic ring is 1. The second-order valence-electron chi connectivity index (χ2n) is 8.29. The molecule has 0 unspecified atom stereocenters. The number of carboxylic acid groups (broad SMARTS) is 2. The predicted octanol–water partition coefficient (Wildman–Crippen LogP) is -1.80. The van der Waals surface area contributed by atoms with Gasteiger partial charge in [0.2, 0.25) is 16.4 Å². The van der Waals surface area contributed by atoms with E-state index < -0.39 is 51.4 Å². The van der Waals surface area contributed by atoms with Gasteiger partial charge in [0.25, 0.3) is 5.91 Å². The number of thiazole rings is 1. The number of fused-ring (bicyclic) bond motifs is 1. The van der Waals surface area contributed by atoms with E-state index in [1.807, 2.05) is 0 Å². The normalized spacial score (nSPS) is 23.7. The minimum Gasteiger partial charge on any atom is -0.479 e. The molecule has 16 nitrogen and oxygen atoms in total.